The van der Waals surface area contributed by atoms with Crippen molar-refractivity contribution in [3.8, 4) is 0 Å². The topological polar surface area (TPSA) is 20.3 Å². The minimum Gasteiger partial charge on any atom is -0.339 e. The van der Waals surface area contributed by atoms with Crippen molar-refractivity contribution >= 4 is 45.0 Å². The Hall–Kier alpha value is -0.250. The molecule has 17 heavy (non-hydrogen) atoms. The van der Waals surface area contributed by atoms with Gasteiger partial charge in [-0.1, -0.05) is 39.1 Å². The molecular formula is C12H12BrCl2NO. The van der Waals surface area contributed by atoms with Crippen LogP contribution in [-0.4, -0.2) is 28.7 Å². The highest BCUT2D eigenvalue weighted by atomic mass is 79.9. The maximum absolute atomic E-state index is 12.2. The molecule has 1 aliphatic heterocycles. The van der Waals surface area contributed by atoms with Gasteiger partial charge in [-0.25, -0.2) is 0 Å². The number of amides is 1. The lowest BCUT2D eigenvalue weighted by Crippen LogP contribution is -2.38. The Bertz CT molecular complexity index is 431. The van der Waals surface area contributed by atoms with Crippen molar-refractivity contribution in [1.29, 1.82) is 0 Å². The molecule has 0 aliphatic carbocycles. The number of halogens is 3. The fourth-order valence-electron chi connectivity index (χ4n) is 1.86. The molecule has 1 aliphatic rings. The van der Waals surface area contributed by atoms with Gasteiger partial charge >= 0.3 is 0 Å². The molecule has 0 bridgehead atoms. The van der Waals surface area contributed by atoms with E-state index in [4.69, 9.17) is 23.2 Å². The van der Waals surface area contributed by atoms with E-state index in [2.05, 4.69) is 15.9 Å². The van der Waals surface area contributed by atoms with Crippen LogP contribution in [0.3, 0.4) is 0 Å². The largest absolute Gasteiger partial charge is 0.339 e. The monoisotopic (exact) mass is 335 g/mol. The number of piperidine rings is 1. The summed E-state index contributed by atoms with van der Waals surface area (Å²) in [5, 5.41) is 0.898. The molecule has 1 saturated heterocycles. The van der Waals surface area contributed by atoms with Gasteiger partial charge in [0.1, 0.15) is 0 Å². The molecule has 0 saturated carbocycles. The van der Waals surface area contributed by atoms with Crippen molar-refractivity contribution in [1.82, 2.24) is 4.90 Å². The normalized spacial score (nSPS) is 17.2. The maximum Gasteiger partial charge on any atom is 0.253 e. The van der Waals surface area contributed by atoms with Gasteiger partial charge in [0.25, 0.3) is 5.91 Å². The molecule has 0 radical (unpaired) electrons. The fourth-order valence-corrected chi connectivity index (χ4v) is 2.57. The predicted molar refractivity (Wildman–Crippen MR) is 74.3 cm³/mol. The first-order valence-corrected chi connectivity index (χ1v) is 7.13. The van der Waals surface area contributed by atoms with E-state index in [0.717, 1.165) is 25.9 Å². The SMILES string of the molecule is O=C(c1ccc(Cl)c(Cl)c1)N1CCC(Br)CC1. The minimum absolute atomic E-state index is 0.0305. The molecule has 1 heterocycles. The molecule has 0 aromatic heterocycles. The Balaban J connectivity index is 2.11. The molecule has 0 N–H and O–H groups in total. The van der Waals surface area contributed by atoms with E-state index in [9.17, 15) is 4.79 Å². The average molecular weight is 337 g/mol. The van der Waals surface area contributed by atoms with Crippen LogP contribution in [0.2, 0.25) is 10.0 Å². The lowest BCUT2D eigenvalue weighted by atomic mass is 10.1. The Morgan fingerprint density at radius 2 is 1.88 bits per heavy atom. The first-order valence-electron chi connectivity index (χ1n) is 5.46. The first-order chi connectivity index (χ1) is 8.08. The number of hydrogen-bond acceptors (Lipinski definition) is 1. The summed E-state index contributed by atoms with van der Waals surface area (Å²) in [6.45, 7) is 1.57. The third-order valence-electron chi connectivity index (χ3n) is 2.88. The molecule has 0 spiro atoms. The van der Waals surface area contributed by atoms with Crippen LogP contribution >= 0.6 is 39.1 Å². The second-order valence-corrected chi connectivity index (χ2v) is 6.21. The molecule has 0 atom stereocenters. The molecule has 2 nitrogen and oxygen atoms in total. The van der Waals surface area contributed by atoms with E-state index in [1.54, 1.807) is 18.2 Å². The highest BCUT2D eigenvalue weighted by Crippen LogP contribution is 2.24. The summed E-state index contributed by atoms with van der Waals surface area (Å²) in [6.07, 6.45) is 1.99. The number of alkyl halides is 1. The highest BCUT2D eigenvalue weighted by molar-refractivity contribution is 9.09. The molecule has 1 amide bonds. The summed E-state index contributed by atoms with van der Waals surface area (Å²) in [5.74, 6) is 0.0305. The van der Waals surface area contributed by atoms with Gasteiger partial charge in [-0.2, -0.15) is 0 Å². The second kappa shape index (κ2) is 5.59. The lowest BCUT2D eigenvalue weighted by Gasteiger charge is -2.29. The van der Waals surface area contributed by atoms with E-state index in [1.807, 2.05) is 4.90 Å². The van der Waals surface area contributed by atoms with Gasteiger partial charge in [0, 0.05) is 23.5 Å². The van der Waals surface area contributed by atoms with Crippen molar-refractivity contribution in [2.75, 3.05) is 13.1 Å². The van der Waals surface area contributed by atoms with Gasteiger partial charge in [-0.3, -0.25) is 4.79 Å². The zero-order valence-electron chi connectivity index (χ0n) is 9.13. The van der Waals surface area contributed by atoms with Crippen molar-refractivity contribution in [2.45, 2.75) is 17.7 Å². The van der Waals surface area contributed by atoms with Crippen LogP contribution in [-0.2, 0) is 0 Å². The smallest absolute Gasteiger partial charge is 0.253 e. The molecule has 2 rings (SSSR count). The van der Waals surface area contributed by atoms with Crippen LogP contribution in [0.25, 0.3) is 0 Å². The number of hydrogen-bond donors (Lipinski definition) is 0. The summed E-state index contributed by atoms with van der Waals surface area (Å²) in [6, 6.07) is 5.01. The van der Waals surface area contributed by atoms with Crippen LogP contribution in [0.4, 0.5) is 0 Å². The van der Waals surface area contributed by atoms with Crippen molar-refractivity contribution < 1.29 is 4.79 Å². The first kappa shape index (κ1) is 13.2. The third-order valence-corrected chi connectivity index (χ3v) is 4.53. The number of carbonyl (C=O) groups excluding carboxylic acids is 1. The van der Waals surface area contributed by atoms with Gasteiger partial charge in [0.15, 0.2) is 0 Å². The zero-order chi connectivity index (χ0) is 12.4. The molecule has 1 fully saturated rings. The van der Waals surface area contributed by atoms with Crippen molar-refractivity contribution in [3.05, 3.63) is 33.8 Å². The molecule has 0 unspecified atom stereocenters. The predicted octanol–water partition coefficient (Wildman–Crippen LogP) is 3.99. The Morgan fingerprint density at radius 3 is 2.47 bits per heavy atom. The third kappa shape index (κ3) is 3.15. The molecule has 1 aromatic rings. The van der Waals surface area contributed by atoms with Gasteiger partial charge < -0.3 is 4.90 Å². The quantitative estimate of drug-likeness (QED) is 0.710. The number of nitrogens with zero attached hydrogens (tertiary/aromatic N) is 1. The summed E-state index contributed by atoms with van der Waals surface area (Å²) in [5.41, 5.74) is 0.604. The number of carbonyl (C=O) groups is 1. The van der Waals surface area contributed by atoms with Crippen LogP contribution in [0.5, 0.6) is 0 Å². The summed E-state index contributed by atoms with van der Waals surface area (Å²) in [4.78, 5) is 14.6. The minimum atomic E-state index is 0.0305. The van der Waals surface area contributed by atoms with Crippen LogP contribution < -0.4 is 0 Å². The highest BCUT2D eigenvalue weighted by Gasteiger charge is 2.22. The van der Waals surface area contributed by atoms with Gasteiger partial charge in [-0.05, 0) is 31.0 Å². The van der Waals surface area contributed by atoms with E-state index >= 15 is 0 Å². The molecule has 92 valence electrons. The van der Waals surface area contributed by atoms with E-state index in [-0.39, 0.29) is 5.91 Å². The van der Waals surface area contributed by atoms with Gasteiger partial charge in [0.2, 0.25) is 0 Å². The summed E-state index contributed by atoms with van der Waals surface area (Å²) < 4.78 is 0. The Morgan fingerprint density at radius 1 is 1.24 bits per heavy atom. The fraction of sp³-hybridized carbons (Fsp3) is 0.417. The Kier molecular flexibility index (Phi) is 4.34. The summed E-state index contributed by atoms with van der Waals surface area (Å²) >= 11 is 15.3. The van der Waals surface area contributed by atoms with Crippen LogP contribution in [0.1, 0.15) is 23.2 Å². The van der Waals surface area contributed by atoms with E-state index < -0.39 is 0 Å². The van der Waals surface area contributed by atoms with Crippen LogP contribution in [0, 0.1) is 0 Å². The average Bonchev–Trinajstić information content (AvgIpc) is 2.33. The van der Waals surface area contributed by atoms with Crippen molar-refractivity contribution in [2.24, 2.45) is 0 Å². The molecular weight excluding hydrogens is 325 g/mol. The van der Waals surface area contributed by atoms with Crippen LogP contribution in [0.15, 0.2) is 18.2 Å². The maximum atomic E-state index is 12.2. The van der Waals surface area contributed by atoms with Gasteiger partial charge in [-0.15, -0.1) is 0 Å². The molecule has 5 heteroatoms. The second-order valence-electron chi connectivity index (χ2n) is 4.10. The number of likely N-dealkylation sites (tertiary alicyclic amines) is 1. The zero-order valence-corrected chi connectivity index (χ0v) is 12.2. The Labute approximate surface area is 119 Å². The number of benzene rings is 1. The lowest BCUT2D eigenvalue weighted by molar-refractivity contribution is 0.0728. The molecule has 1 aromatic carbocycles. The van der Waals surface area contributed by atoms with E-state index in [1.165, 1.54) is 0 Å². The summed E-state index contributed by atoms with van der Waals surface area (Å²) in [7, 11) is 0. The number of rotatable bonds is 1. The van der Waals surface area contributed by atoms with Gasteiger partial charge in [0.05, 0.1) is 10.0 Å². The van der Waals surface area contributed by atoms with Crippen molar-refractivity contribution in [3.63, 3.8) is 0 Å². The van der Waals surface area contributed by atoms with E-state index in [0.29, 0.717) is 20.4 Å². The standard InChI is InChI=1S/C12H12BrCl2NO/c13-9-3-5-16(6-4-9)12(17)8-1-2-10(14)11(15)7-8/h1-2,7,9H,3-6H2.